The van der Waals surface area contributed by atoms with E-state index in [4.69, 9.17) is 11.1 Å². The lowest BCUT2D eigenvalue weighted by Gasteiger charge is -2.15. The van der Waals surface area contributed by atoms with E-state index >= 15 is 0 Å². The van der Waals surface area contributed by atoms with Crippen LogP contribution in [-0.4, -0.2) is 26.4 Å². The van der Waals surface area contributed by atoms with Crippen LogP contribution in [0, 0.1) is 5.41 Å². The van der Waals surface area contributed by atoms with Crippen molar-refractivity contribution in [2.24, 2.45) is 5.73 Å². The van der Waals surface area contributed by atoms with Crippen molar-refractivity contribution in [2.45, 2.75) is 11.8 Å². The molecule has 0 fully saturated rings. The van der Waals surface area contributed by atoms with Crippen LogP contribution in [0.5, 0.6) is 0 Å². The molecule has 1 atom stereocenters. The molecule has 4 N–H and O–H groups in total. The molecule has 0 aromatic heterocycles. The fraction of sp³-hybridized carbons (Fsp3) is 0.176. The predicted octanol–water partition coefficient (Wildman–Crippen LogP) is 1.79. The van der Waals surface area contributed by atoms with Crippen molar-refractivity contribution >= 4 is 34.0 Å². The van der Waals surface area contributed by atoms with Crippen molar-refractivity contribution < 1.29 is 13.2 Å². The Morgan fingerprint density at radius 1 is 1.12 bits per heavy atom. The Labute approximate surface area is 153 Å². The number of carbonyl (C=O) groups is 1. The van der Waals surface area contributed by atoms with Gasteiger partial charge >= 0.3 is 0 Å². The molecule has 25 heavy (non-hydrogen) atoms. The molecule has 2 aromatic carbocycles. The minimum Gasteiger partial charge on any atom is -0.384 e. The van der Waals surface area contributed by atoms with Crippen molar-refractivity contribution in [1.29, 1.82) is 5.41 Å². The average molecular weight is 382 g/mol. The van der Waals surface area contributed by atoms with Crippen LogP contribution in [0.3, 0.4) is 0 Å². The van der Waals surface area contributed by atoms with E-state index in [1.807, 2.05) is 0 Å². The summed E-state index contributed by atoms with van der Waals surface area (Å²) in [6, 6.07) is 15.2. The molecule has 0 aliphatic heterocycles. The maximum atomic E-state index is 12.4. The fourth-order valence-corrected chi connectivity index (χ4v) is 3.43. The summed E-state index contributed by atoms with van der Waals surface area (Å²) < 4.78 is 24.0. The Morgan fingerprint density at radius 2 is 1.68 bits per heavy atom. The third-order valence-electron chi connectivity index (χ3n) is 3.50. The van der Waals surface area contributed by atoms with Crippen molar-refractivity contribution in [3.05, 3.63) is 71.3 Å². The third kappa shape index (κ3) is 5.58. The topological polar surface area (TPSA) is 113 Å². The van der Waals surface area contributed by atoms with Crippen LogP contribution >= 0.6 is 12.4 Å². The Bertz CT molecular complexity index is 837. The summed E-state index contributed by atoms with van der Waals surface area (Å²) in [7, 11) is -3.60. The van der Waals surface area contributed by atoms with Gasteiger partial charge in [-0.15, -0.1) is 12.4 Å². The van der Waals surface area contributed by atoms with Gasteiger partial charge in [0.2, 0.25) is 5.91 Å². The molecule has 0 spiro atoms. The first-order valence-corrected chi connectivity index (χ1v) is 9.19. The Balaban J connectivity index is 0.00000312. The molecule has 0 radical (unpaired) electrons. The Morgan fingerprint density at radius 3 is 2.16 bits per heavy atom. The Kier molecular flexibility index (Phi) is 7.14. The zero-order valence-electron chi connectivity index (χ0n) is 13.6. The van der Waals surface area contributed by atoms with E-state index in [0.29, 0.717) is 11.1 Å². The molecule has 0 heterocycles. The van der Waals surface area contributed by atoms with Crippen LogP contribution in [0.25, 0.3) is 0 Å². The van der Waals surface area contributed by atoms with Gasteiger partial charge in [-0.2, -0.15) is 0 Å². The fourth-order valence-electron chi connectivity index (χ4n) is 2.30. The van der Waals surface area contributed by atoms with Crippen molar-refractivity contribution in [3.63, 3.8) is 0 Å². The third-order valence-corrected chi connectivity index (χ3v) is 4.84. The summed E-state index contributed by atoms with van der Waals surface area (Å²) >= 11 is 0. The summed E-state index contributed by atoms with van der Waals surface area (Å²) in [5.41, 5.74) is 7.19. The van der Waals surface area contributed by atoms with Crippen molar-refractivity contribution in [2.75, 3.05) is 6.26 Å². The number of hydrogen-bond acceptors (Lipinski definition) is 4. The molecule has 2 rings (SSSR count). The first-order valence-electron chi connectivity index (χ1n) is 7.24. The van der Waals surface area contributed by atoms with Crippen LogP contribution in [-0.2, 0) is 21.2 Å². The molecule has 6 nitrogen and oxygen atoms in total. The highest BCUT2D eigenvalue weighted by Gasteiger charge is 2.30. The minimum absolute atomic E-state index is 0. The number of amides is 1. The number of nitrogens with two attached hydrogens (primary N) is 1. The first kappa shape index (κ1) is 20.7. The summed E-state index contributed by atoms with van der Waals surface area (Å²) in [6.07, 6.45) is 1.05. The molecule has 0 bridgehead atoms. The second-order valence-electron chi connectivity index (χ2n) is 5.45. The smallest absolute Gasteiger partial charge is 0.243 e. The number of carbonyl (C=O) groups excluding carboxylic acids is 1. The van der Waals surface area contributed by atoms with Crippen molar-refractivity contribution in [1.82, 2.24) is 5.32 Å². The van der Waals surface area contributed by atoms with Gasteiger partial charge in [0.25, 0.3) is 0 Å². The molecule has 0 saturated heterocycles. The monoisotopic (exact) mass is 381 g/mol. The van der Waals surface area contributed by atoms with Crippen LogP contribution in [0.1, 0.15) is 21.9 Å². The van der Waals surface area contributed by atoms with E-state index in [-0.39, 0.29) is 24.8 Å². The lowest BCUT2D eigenvalue weighted by atomic mass is 10.1. The molecule has 1 unspecified atom stereocenters. The van der Waals surface area contributed by atoms with Gasteiger partial charge in [-0.1, -0.05) is 54.6 Å². The van der Waals surface area contributed by atoms with E-state index < -0.39 is 21.0 Å². The molecule has 0 saturated carbocycles. The summed E-state index contributed by atoms with van der Waals surface area (Å²) in [6.45, 7) is 0.190. The van der Waals surface area contributed by atoms with Gasteiger partial charge in [0.05, 0.1) is 0 Å². The zero-order valence-corrected chi connectivity index (χ0v) is 15.2. The highest BCUT2D eigenvalue weighted by molar-refractivity contribution is 7.91. The molecule has 2 aromatic rings. The molecular weight excluding hydrogens is 362 g/mol. The van der Waals surface area contributed by atoms with Gasteiger partial charge in [-0.3, -0.25) is 10.2 Å². The van der Waals surface area contributed by atoms with Crippen LogP contribution < -0.4 is 11.1 Å². The van der Waals surface area contributed by atoms with E-state index in [9.17, 15) is 13.2 Å². The van der Waals surface area contributed by atoms with Gasteiger partial charge in [0, 0.05) is 18.4 Å². The van der Waals surface area contributed by atoms with E-state index in [1.54, 1.807) is 54.6 Å². The normalized spacial score (nSPS) is 11.9. The lowest BCUT2D eigenvalue weighted by Crippen LogP contribution is -2.33. The second-order valence-corrected chi connectivity index (χ2v) is 7.58. The maximum Gasteiger partial charge on any atom is 0.243 e. The molecule has 0 aliphatic rings. The quantitative estimate of drug-likeness (QED) is 0.523. The lowest BCUT2D eigenvalue weighted by molar-refractivity contribution is -0.120. The molecule has 8 heteroatoms. The first-order chi connectivity index (χ1) is 11.3. The van der Waals surface area contributed by atoms with Crippen LogP contribution in [0.15, 0.2) is 54.6 Å². The van der Waals surface area contributed by atoms with Gasteiger partial charge in [0.1, 0.15) is 5.84 Å². The summed E-state index contributed by atoms with van der Waals surface area (Å²) in [5, 5.41) is 8.75. The summed E-state index contributed by atoms with van der Waals surface area (Å²) in [4.78, 5) is 12.4. The SMILES string of the molecule is CS(=O)(=O)C(C(=O)NCc1ccc(C(=N)N)cc1)c1ccccc1.Cl. The molecular formula is C17H20ClN3O3S. The minimum atomic E-state index is -3.60. The van der Waals surface area contributed by atoms with E-state index in [2.05, 4.69) is 5.32 Å². The number of rotatable bonds is 6. The molecule has 0 aliphatic carbocycles. The second kappa shape index (κ2) is 8.64. The number of halogens is 1. The number of sulfone groups is 1. The number of nitrogens with one attached hydrogen (secondary N) is 2. The van der Waals surface area contributed by atoms with Gasteiger partial charge in [-0.25, -0.2) is 8.42 Å². The Hall–Kier alpha value is -2.38. The highest BCUT2D eigenvalue weighted by Crippen LogP contribution is 2.21. The zero-order chi connectivity index (χ0) is 17.7. The van der Waals surface area contributed by atoms with Crippen LogP contribution in [0.2, 0.25) is 0 Å². The number of hydrogen-bond donors (Lipinski definition) is 3. The molecule has 134 valence electrons. The number of nitrogen functional groups attached to an aromatic ring is 1. The van der Waals surface area contributed by atoms with Crippen LogP contribution in [0.4, 0.5) is 0 Å². The largest absolute Gasteiger partial charge is 0.384 e. The van der Waals surface area contributed by atoms with Gasteiger partial charge in [0.15, 0.2) is 15.1 Å². The van der Waals surface area contributed by atoms with E-state index in [1.165, 1.54) is 0 Å². The number of amidine groups is 1. The molecule has 1 amide bonds. The van der Waals surface area contributed by atoms with Crippen molar-refractivity contribution in [3.8, 4) is 0 Å². The number of benzene rings is 2. The maximum absolute atomic E-state index is 12.4. The standard InChI is InChI=1S/C17H19N3O3S.ClH/c1-24(22,23)15(13-5-3-2-4-6-13)17(21)20-11-12-7-9-14(10-8-12)16(18)19;/h2-10,15H,11H2,1H3,(H3,18,19)(H,20,21);1H. The van der Waals surface area contributed by atoms with Gasteiger partial charge in [-0.05, 0) is 11.1 Å². The highest BCUT2D eigenvalue weighted by atomic mass is 35.5. The van der Waals surface area contributed by atoms with E-state index in [0.717, 1.165) is 11.8 Å². The summed E-state index contributed by atoms with van der Waals surface area (Å²) in [5.74, 6) is -0.605. The van der Waals surface area contributed by atoms with Gasteiger partial charge < -0.3 is 11.1 Å². The average Bonchev–Trinajstić information content (AvgIpc) is 2.53. The predicted molar refractivity (Wildman–Crippen MR) is 101 cm³/mol.